The van der Waals surface area contributed by atoms with Gasteiger partial charge in [-0.15, -0.1) is 0 Å². The topological polar surface area (TPSA) is 81.4 Å². The minimum absolute atomic E-state index is 0.0238. The number of methoxy groups -OCH3 is 1. The van der Waals surface area contributed by atoms with Crippen molar-refractivity contribution in [3.8, 4) is 0 Å². The summed E-state index contributed by atoms with van der Waals surface area (Å²) in [5.41, 5.74) is 5.58. The predicted molar refractivity (Wildman–Crippen MR) is 76.6 cm³/mol. The highest BCUT2D eigenvalue weighted by molar-refractivity contribution is 7.89. The smallest absolute Gasteiger partial charge is 0.243 e. The second-order valence-electron chi connectivity index (χ2n) is 4.74. The second-order valence-corrected chi connectivity index (χ2v) is 6.83. The lowest BCUT2D eigenvalue weighted by Gasteiger charge is -2.21. The van der Waals surface area contributed by atoms with Crippen LogP contribution >= 0.6 is 11.6 Å². The highest BCUT2D eigenvalue weighted by atomic mass is 35.5. The van der Waals surface area contributed by atoms with Gasteiger partial charge in [-0.25, -0.2) is 17.5 Å². The van der Waals surface area contributed by atoms with Gasteiger partial charge in [0.1, 0.15) is 4.90 Å². The van der Waals surface area contributed by atoms with E-state index in [0.29, 0.717) is 0 Å². The minimum atomic E-state index is -4.07. The van der Waals surface area contributed by atoms with E-state index in [4.69, 9.17) is 22.1 Å². The van der Waals surface area contributed by atoms with Gasteiger partial charge in [-0.2, -0.15) is 0 Å². The third-order valence-corrected chi connectivity index (χ3v) is 4.53. The first-order valence-corrected chi connectivity index (χ1v) is 7.81. The molecule has 0 saturated carbocycles. The average molecular weight is 325 g/mol. The molecule has 1 aromatic carbocycles. The number of ether oxygens (including phenoxy) is 1. The number of sulfonamides is 1. The van der Waals surface area contributed by atoms with Crippen molar-refractivity contribution in [2.75, 3.05) is 19.5 Å². The number of nitrogen functional groups attached to an aromatic ring is 1. The summed E-state index contributed by atoms with van der Waals surface area (Å²) in [7, 11) is -2.61. The van der Waals surface area contributed by atoms with Crippen molar-refractivity contribution in [2.24, 2.45) is 5.92 Å². The third-order valence-electron chi connectivity index (χ3n) is 2.76. The molecule has 0 saturated heterocycles. The van der Waals surface area contributed by atoms with Crippen LogP contribution in [0.4, 0.5) is 10.1 Å². The molecule has 1 rings (SSSR count). The van der Waals surface area contributed by atoms with Crippen LogP contribution in [0.1, 0.15) is 13.8 Å². The van der Waals surface area contributed by atoms with Crippen LogP contribution in [0.3, 0.4) is 0 Å². The number of nitrogens with one attached hydrogen (secondary N) is 1. The van der Waals surface area contributed by atoms with Crippen LogP contribution in [0.5, 0.6) is 0 Å². The Balaban J connectivity index is 3.17. The number of hydrogen-bond donors (Lipinski definition) is 2. The molecular weight excluding hydrogens is 307 g/mol. The summed E-state index contributed by atoms with van der Waals surface area (Å²) in [6.07, 6.45) is 0. The number of rotatable bonds is 6. The Hall–Kier alpha value is -0.890. The lowest BCUT2D eigenvalue weighted by molar-refractivity contribution is 0.157. The average Bonchev–Trinajstić information content (AvgIpc) is 2.32. The quantitative estimate of drug-likeness (QED) is 0.784. The van der Waals surface area contributed by atoms with Gasteiger partial charge in [-0.1, -0.05) is 25.4 Å². The lowest BCUT2D eigenvalue weighted by Crippen LogP contribution is -2.41. The zero-order valence-corrected chi connectivity index (χ0v) is 13.1. The Morgan fingerprint density at radius 3 is 2.55 bits per heavy atom. The number of benzene rings is 1. The number of nitrogens with two attached hydrogens (primary N) is 1. The molecule has 5 nitrogen and oxygen atoms in total. The maximum Gasteiger partial charge on any atom is 0.243 e. The Labute approximate surface area is 123 Å². The molecule has 0 spiro atoms. The van der Waals surface area contributed by atoms with E-state index in [9.17, 15) is 12.8 Å². The van der Waals surface area contributed by atoms with E-state index in [2.05, 4.69) is 4.72 Å². The Morgan fingerprint density at radius 2 is 2.05 bits per heavy atom. The summed E-state index contributed by atoms with van der Waals surface area (Å²) in [6, 6.07) is 1.71. The van der Waals surface area contributed by atoms with Crippen LogP contribution in [0.25, 0.3) is 0 Å². The first-order chi connectivity index (χ1) is 9.19. The number of hydrogen-bond acceptors (Lipinski definition) is 4. The predicted octanol–water partition coefficient (Wildman–Crippen LogP) is 2.01. The molecule has 0 amide bonds. The number of halogens is 2. The highest BCUT2D eigenvalue weighted by Crippen LogP contribution is 2.26. The Morgan fingerprint density at radius 1 is 1.45 bits per heavy atom. The van der Waals surface area contributed by atoms with Gasteiger partial charge in [0, 0.05) is 18.8 Å². The molecular formula is C12H18ClFN2O3S. The van der Waals surface area contributed by atoms with E-state index >= 15 is 0 Å². The van der Waals surface area contributed by atoms with E-state index in [1.165, 1.54) is 7.11 Å². The van der Waals surface area contributed by atoms with Gasteiger partial charge < -0.3 is 10.5 Å². The Kier molecular flexibility index (Phi) is 5.76. The molecule has 0 fully saturated rings. The van der Waals surface area contributed by atoms with E-state index in [1.807, 2.05) is 13.8 Å². The van der Waals surface area contributed by atoms with Crippen molar-refractivity contribution in [1.82, 2.24) is 4.72 Å². The fourth-order valence-corrected chi connectivity index (χ4v) is 3.37. The maximum absolute atomic E-state index is 13.9. The summed E-state index contributed by atoms with van der Waals surface area (Å²) in [5.74, 6) is -1.04. The van der Waals surface area contributed by atoms with Crippen molar-refractivity contribution in [2.45, 2.75) is 24.8 Å². The van der Waals surface area contributed by atoms with Crippen molar-refractivity contribution in [3.05, 3.63) is 23.0 Å². The molecule has 20 heavy (non-hydrogen) atoms. The van der Waals surface area contributed by atoms with E-state index in [1.54, 1.807) is 0 Å². The first kappa shape index (κ1) is 17.2. The van der Waals surface area contributed by atoms with Crippen molar-refractivity contribution in [1.29, 1.82) is 0 Å². The van der Waals surface area contributed by atoms with Crippen LogP contribution < -0.4 is 10.5 Å². The Bertz CT molecular complexity index is 578. The van der Waals surface area contributed by atoms with E-state index in [0.717, 1.165) is 12.1 Å². The van der Waals surface area contributed by atoms with Crippen LogP contribution in [0, 0.1) is 11.7 Å². The molecule has 8 heteroatoms. The summed E-state index contributed by atoms with van der Waals surface area (Å²) in [4.78, 5) is -0.566. The molecule has 0 aliphatic rings. The largest absolute Gasteiger partial charge is 0.399 e. The minimum Gasteiger partial charge on any atom is -0.399 e. The molecule has 114 valence electrons. The van der Waals surface area contributed by atoms with Gasteiger partial charge in [0.25, 0.3) is 0 Å². The van der Waals surface area contributed by atoms with Gasteiger partial charge in [0.15, 0.2) is 5.82 Å². The van der Waals surface area contributed by atoms with Crippen molar-refractivity contribution >= 4 is 27.3 Å². The first-order valence-electron chi connectivity index (χ1n) is 5.94. The third kappa shape index (κ3) is 4.05. The SMILES string of the molecule is COCC(NS(=O)(=O)c1cc(N)cc(Cl)c1F)C(C)C. The molecule has 0 bridgehead atoms. The molecule has 1 unspecified atom stereocenters. The summed E-state index contributed by atoms with van der Waals surface area (Å²) < 4.78 is 45.7. The molecule has 1 aromatic rings. The molecule has 3 N–H and O–H groups in total. The van der Waals surface area contributed by atoms with Crippen LogP contribution in [0.2, 0.25) is 5.02 Å². The second kappa shape index (κ2) is 6.71. The van der Waals surface area contributed by atoms with Gasteiger partial charge in [0.2, 0.25) is 10.0 Å². The molecule has 0 aromatic heterocycles. The van der Waals surface area contributed by atoms with Crippen LogP contribution in [0.15, 0.2) is 17.0 Å². The zero-order valence-electron chi connectivity index (χ0n) is 11.5. The monoisotopic (exact) mass is 324 g/mol. The van der Waals surface area contributed by atoms with Crippen LogP contribution in [-0.2, 0) is 14.8 Å². The van der Waals surface area contributed by atoms with Gasteiger partial charge >= 0.3 is 0 Å². The molecule has 0 aliphatic heterocycles. The summed E-state index contributed by atoms with van der Waals surface area (Å²) in [5, 5.41) is -0.335. The van der Waals surface area contributed by atoms with Gasteiger partial charge in [0.05, 0.1) is 11.6 Å². The molecule has 0 heterocycles. The molecule has 0 aliphatic carbocycles. The zero-order chi connectivity index (χ0) is 15.5. The molecule has 1 atom stereocenters. The van der Waals surface area contributed by atoms with Crippen molar-refractivity contribution < 1.29 is 17.5 Å². The van der Waals surface area contributed by atoms with E-state index in [-0.39, 0.29) is 23.2 Å². The van der Waals surface area contributed by atoms with Gasteiger partial charge in [-0.3, -0.25) is 0 Å². The normalized spacial score (nSPS) is 13.7. The van der Waals surface area contributed by atoms with Crippen molar-refractivity contribution in [3.63, 3.8) is 0 Å². The molecule has 0 radical (unpaired) electrons. The summed E-state index contributed by atoms with van der Waals surface area (Å²) in [6.45, 7) is 3.83. The number of anilines is 1. The summed E-state index contributed by atoms with van der Waals surface area (Å²) >= 11 is 5.61. The van der Waals surface area contributed by atoms with E-state index < -0.39 is 26.8 Å². The van der Waals surface area contributed by atoms with Crippen LogP contribution in [-0.4, -0.2) is 28.2 Å². The lowest BCUT2D eigenvalue weighted by atomic mass is 10.1. The van der Waals surface area contributed by atoms with Gasteiger partial charge in [-0.05, 0) is 18.1 Å². The standard InChI is InChI=1S/C12H18ClFN2O3S/c1-7(2)10(6-19-3)16-20(17,18)11-5-8(15)4-9(13)12(11)14/h4-5,7,10,16H,6,15H2,1-3H3. The maximum atomic E-state index is 13.9. The highest BCUT2D eigenvalue weighted by Gasteiger charge is 2.26. The fourth-order valence-electron chi connectivity index (χ4n) is 1.58. The fraction of sp³-hybridized carbons (Fsp3) is 0.500.